The van der Waals surface area contributed by atoms with Gasteiger partial charge in [-0.05, 0) is 40.5 Å². The summed E-state index contributed by atoms with van der Waals surface area (Å²) in [5.74, 6) is 0. The molecule has 2 N–H and O–H groups in total. The minimum atomic E-state index is -4.75. The largest absolute Gasteiger partial charge is 0.418 e. The Morgan fingerprint density at radius 2 is 2.03 bits per heavy atom. The number of urea groups is 1. The van der Waals surface area contributed by atoms with Gasteiger partial charge in [-0.25, -0.2) is 4.79 Å². The normalized spacial score (nSPS) is 36.2. The molecule has 0 radical (unpaired) electrons. The van der Waals surface area contributed by atoms with E-state index in [4.69, 9.17) is 9.39 Å². The van der Waals surface area contributed by atoms with Gasteiger partial charge in [0.2, 0.25) is 0 Å². The van der Waals surface area contributed by atoms with Gasteiger partial charge in [0.1, 0.15) is 0 Å². The number of rotatable bonds is 3. The second-order valence-electron chi connectivity index (χ2n) is 9.55. The van der Waals surface area contributed by atoms with Crippen LogP contribution in [0.1, 0.15) is 53.4 Å². The van der Waals surface area contributed by atoms with E-state index >= 15 is 0 Å². The van der Waals surface area contributed by atoms with Crippen molar-refractivity contribution in [3.8, 4) is 0 Å². The second-order valence-corrected chi connectivity index (χ2v) is 12.6. The Morgan fingerprint density at radius 3 is 2.72 bits per heavy atom. The average molecular weight is 449 g/mol. The maximum atomic E-state index is 12.7. The van der Waals surface area contributed by atoms with Gasteiger partial charge in [-0.15, -0.1) is 16.0 Å². The van der Waals surface area contributed by atoms with Crippen molar-refractivity contribution in [2.45, 2.75) is 80.7 Å². The van der Waals surface area contributed by atoms with Crippen LogP contribution in [0.2, 0.25) is 0 Å². The van der Waals surface area contributed by atoms with Crippen molar-refractivity contribution in [1.29, 1.82) is 0 Å². The molecule has 2 bridgehead atoms. The number of nitrogens with one attached hydrogen (secondary N) is 1. The molecule has 4 rings (SSSR count). The van der Waals surface area contributed by atoms with E-state index in [-0.39, 0.29) is 16.3 Å². The molecule has 3 atom stereocenters. The van der Waals surface area contributed by atoms with Gasteiger partial charge < -0.3 is 15.1 Å². The smallest absolute Gasteiger partial charge is 0.378 e. The summed E-state index contributed by atoms with van der Waals surface area (Å²) in [5.41, 5.74) is 0.680. The van der Waals surface area contributed by atoms with Crippen LogP contribution in [0.3, 0.4) is 0 Å². The maximum Gasteiger partial charge on any atom is 0.418 e. The second kappa shape index (κ2) is 6.71. The molecule has 0 aromatic rings. The van der Waals surface area contributed by atoms with Gasteiger partial charge in [-0.2, -0.15) is 13.5 Å². The summed E-state index contributed by atoms with van der Waals surface area (Å²) in [7, 11) is -4.75. The van der Waals surface area contributed by atoms with Crippen LogP contribution in [0.4, 0.5) is 4.79 Å². The number of hydrogen-bond donors (Lipinski definition) is 2. The van der Waals surface area contributed by atoms with E-state index in [1.165, 1.54) is 0 Å². The molecule has 4 heterocycles. The van der Waals surface area contributed by atoms with Crippen molar-refractivity contribution in [2.24, 2.45) is 5.16 Å². The van der Waals surface area contributed by atoms with E-state index in [0.717, 1.165) is 23.7 Å². The number of oxime groups is 1. The minimum absolute atomic E-state index is 0.0417. The first-order valence-electron chi connectivity index (χ1n) is 9.75. The summed E-state index contributed by atoms with van der Waals surface area (Å²) >= 11 is 1.77. The van der Waals surface area contributed by atoms with Crippen LogP contribution in [-0.2, 0) is 19.5 Å². The highest BCUT2D eigenvalue weighted by atomic mass is 32.3. The fourth-order valence-electron chi connectivity index (χ4n) is 4.75. The standard InChI is InChI=1S/C17H28N4O6S2/c1-15(2)9-17(28-16(3,4)10-18-15)7-12(19-26-17)13-6-5-11-8-20(13)14(22)21(11)27-29(23,24)25/h11,13,18H,5-10H2,1-4H3,(H,23,24,25)/t11-,13-,17-/m0/s1. The van der Waals surface area contributed by atoms with Crippen LogP contribution in [-0.4, -0.2) is 75.1 Å². The van der Waals surface area contributed by atoms with E-state index < -0.39 is 27.4 Å². The zero-order chi connectivity index (χ0) is 21.2. The van der Waals surface area contributed by atoms with E-state index in [0.29, 0.717) is 25.8 Å². The van der Waals surface area contributed by atoms with E-state index in [1.807, 2.05) is 0 Å². The fourth-order valence-corrected chi connectivity index (χ4v) is 7.02. The van der Waals surface area contributed by atoms with E-state index in [2.05, 4.69) is 42.5 Å². The fraction of sp³-hybridized carbons (Fsp3) is 0.882. The van der Waals surface area contributed by atoms with Gasteiger partial charge in [0, 0.05) is 36.2 Å². The first-order chi connectivity index (χ1) is 13.3. The lowest BCUT2D eigenvalue weighted by molar-refractivity contribution is -0.0316. The topological polar surface area (TPSA) is 121 Å². The lowest BCUT2D eigenvalue weighted by Crippen LogP contribution is -2.47. The highest BCUT2D eigenvalue weighted by Gasteiger charge is 2.54. The third-order valence-electron chi connectivity index (χ3n) is 5.83. The SMILES string of the molecule is CC1(C)C[C@]2(CC([C@@H]3CC[C@H]4CN3C(=O)N4OS(=O)(=O)O)=NO2)SC(C)(C)CN1. The van der Waals surface area contributed by atoms with E-state index in [1.54, 1.807) is 16.7 Å². The number of thioether (sulfide) groups is 1. The van der Waals surface area contributed by atoms with Crippen LogP contribution in [0.25, 0.3) is 0 Å². The number of carbonyl (C=O) groups excluding carboxylic acids is 1. The molecule has 4 aliphatic rings. The Morgan fingerprint density at radius 1 is 1.31 bits per heavy atom. The molecule has 4 aliphatic heterocycles. The monoisotopic (exact) mass is 448 g/mol. The van der Waals surface area contributed by atoms with Crippen LogP contribution in [0, 0.1) is 0 Å². The predicted molar refractivity (Wildman–Crippen MR) is 108 cm³/mol. The van der Waals surface area contributed by atoms with Crippen molar-refractivity contribution in [2.75, 3.05) is 13.1 Å². The number of amides is 2. The number of hydrogen-bond acceptors (Lipinski definition) is 8. The molecule has 0 aliphatic carbocycles. The quantitative estimate of drug-likeness (QED) is 0.627. The molecular weight excluding hydrogens is 420 g/mol. The van der Waals surface area contributed by atoms with Crippen LogP contribution < -0.4 is 5.32 Å². The molecule has 3 saturated heterocycles. The Kier molecular flexibility index (Phi) is 4.90. The molecular formula is C17H28N4O6S2. The molecule has 0 saturated carbocycles. The molecule has 10 nitrogen and oxygen atoms in total. The van der Waals surface area contributed by atoms with Crippen LogP contribution >= 0.6 is 11.8 Å². The first kappa shape index (κ1) is 21.2. The molecule has 2 amide bonds. The summed E-state index contributed by atoms with van der Waals surface area (Å²) in [6.07, 6.45) is 2.56. The summed E-state index contributed by atoms with van der Waals surface area (Å²) in [5, 5.41) is 8.77. The van der Waals surface area contributed by atoms with Gasteiger partial charge >= 0.3 is 16.4 Å². The Balaban J connectivity index is 1.52. The highest BCUT2D eigenvalue weighted by molar-refractivity contribution is 8.01. The Bertz CT molecular complexity index is 825. The summed E-state index contributed by atoms with van der Waals surface area (Å²) in [6.45, 7) is 9.83. The average Bonchev–Trinajstić information content (AvgIpc) is 3.03. The predicted octanol–water partition coefficient (Wildman–Crippen LogP) is 1.75. The molecule has 0 aromatic heterocycles. The van der Waals surface area contributed by atoms with Gasteiger partial charge in [0.15, 0.2) is 4.93 Å². The minimum Gasteiger partial charge on any atom is -0.378 e. The van der Waals surface area contributed by atoms with Gasteiger partial charge in [0.05, 0.1) is 17.8 Å². The first-order valence-corrected chi connectivity index (χ1v) is 11.9. The Hall–Kier alpha value is -1.08. The summed E-state index contributed by atoms with van der Waals surface area (Å²) < 4.78 is 35.6. The number of nitrogens with zero attached hydrogens (tertiary/aromatic N) is 3. The number of carbonyl (C=O) groups is 1. The van der Waals surface area contributed by atoms with Gasteiger partial charge in [-0.3, -0.25) is 4.55 Å². The number of fused-ring (bicyclic) bond motifs is 2. The highest BCUT2D eigenvalue weighted by Crippen LogP contribution is 2.50. The number of hydroxylamine groups is 2. The van der Waals surface area contributed by atoms with E-state index in [9.17, 15) is 13.2 Å². The Labute approximate surface area is 175 Å². The van der Waals surface area contributed by atoms with Crippen LogP contribution in [0.15, 0.2) is 5.16 Å². The third kappa shape index (κ3) is 4.22. The van der Waals surface area contributed by atoms with Crippen molar-refractivity contribution >= 4 is 33.9 Å². The lowest BCUT2D eigenvalue weighted by Gasteiger charge is -2.34. The van der Waals surface area contributed by atoms with Gasteiger partial charge in [-0.1, -0.05) is 5.16 Å². The zero-order valence-electron chi connectivity index (χ0n) is 17.0. The molecule has 1 spiro atoms. The summed E-state index contributed by atoms with van der Waals surface area (Å²) in [6, 6.07) is -1.25. The van der Waals surface area contributed by atoms with Crippen molar-refractivity contribution in [1.82, 2.24) is 15.3 Å². The van der Waals surface area contributed by atoms with Crippen molar-refractivity contribution in [3.05, 3.63) is 0 Å². The molecule has 29 heavy (non-hydrogen) atoms. The van der Waals surface area contributed by atoms with Gasteiger partial charge in [0.25, 0.3) is 0 Å². The maximum absolute atomic E-state index is 12.7. The molecule has 0 unspecified atom stereocenters. The van der Waals surface area contributed by atoms with Crippen LogP contribution in [0.5, 0.6) is 0 Å². The van der Waals surface area contributed by atoms with Crippen molar-refractivity contribution < 1.29 is 26.9 Å². The molecule has 0 aromatic carbocycles. The molecule has 12 heteroatoms. The lowest BCUT2D eigenvalue weighted by atomic mass is 9.90. The molecule has 3 fully saturated rings. The van der Waals surface area contributed by atoms with Crippen molar-refractivity contribution in [3.63, 3.8) is 0 Å². The summed E-state index contributed by atoms with van der Waals surface area (Å²) in [4.78, 5) is 19.8. The third-order valence-corrected chi connectivity index (χ3v) is 7.61. The number of piperidine rings is 1. The zero-order valence-corrected chi connectivity index (χ0v) is 18.7. The molecule has 164 valence electrons.